The first-order valence-electron chi connectivity index (χ1n) is 8.26. The highest BCUT2D eigenvalue weighted by molar-refractivity contribution is 14.0. The van der Waals surface area contributed by atoms with Crippen molar-refractivity contribution < 1.29 is 4.79 Å². The number of hydrogen-bond acceptors (Lipinski definition) is 4. The van der Waals surface area contributed by atoms with Crippen LogP contribution in [-0.2, 0) is 18.4 Å². The van der Waals surface area contributed by atoms with Gasteiger partial charge in [0.1, 0.15) is 12.2 Å². The third kappa shape index (κ3) is 7.02. The average molecular weight is 449 g/mol. The minimum atomic E-state index is 0. The minimum Gasteiger partial charge on any atom is -0.356 e. The molecule has 1 heterocycles. The Bertz CT molecular complexity index is 526. The maximum Gasteiger partial charge on any atom is 0.221 e. The van der Waals surface area contributed by atoms with Gasteiger partial charge in [0.2, 0.25) is 5.91 Å². The van der Waals surface area contributed by atoms with Crippen LogP contribution in [0.2, 0.25) is 0 Å². The van der Waals surface area contributed by atoms with E-state index in [0.717, 1.165) is 18.7 Å². The zero-order chi connectivity index (χ0) is 16.5. The smallest absolute Gasteiger partial charge is 0.221 e. The number of carbonyl (C=O) groups is 1. The molecular formula is C15H28IN7O. The maximum atomic E-state index is 11.9. The zero-order valence-corrected chi connectivity index (χ0v) is 16.7. The molecule has 0 spiro atoms. The molecule has 8 nitrogen and oxygen atoms in total. The molecule has 0 unspecified atom stereocenters. The third-order valence-corrected chi connectivity index (χ3v) is 4.06. The normalized spacial score (nSPS) is 15.5. The number of nitrogens with one attached hydrogen (secondary N) is 3. The van der Waals surface area contributed by atoms with Crippen molar-refractivity contribution in [3.8, 4) is 0 Å². The Kier molecular flexibility index (Phi) is 9.65. The van der Waals surface area contributed by atoms with Gasteiger partial charge in [0.25, 0.3) is 0 Å². The van der Waals surface area contributed by atoms with Gasteiger partial charge in [0.15, 0.2) is 5.96 Å². The van der Waals surface area contributed by atoms with E-state index in [2.05, 4.69) is 31.0 Å². The molecule has 1 saturated carbocycles. The second-order valence-electron chi connectivity index (χ2n) is 5.80. The maximum absolute atomic E-state index is 11.9. The van der Waals surface area contributed by atoms with Crippen LogP contribution in [0.3, 0.4) is 0 Å². The molecule has 0 radical (unpaired) electrons. The van der Waals surface area contributed by atoms with Crippen molar-refractivity contribution in [2.75, 3.05) is 13.6 Å². The molecule has 1 aliphatic rings. The first kappa shape index (κ1) is 20.7. The van der Waals surface area contributed by atoms with Crippen LogP contribution >= 0.6 is 24.0 Å². The molecule has 1 aromatic heterocycles. The van der Waals surface area contributed by atoms with Gasteiger partial charge in [-0.05, 0) is 12.8 Å². The van der Waals surface area contributed by atoms with Gasteiger partial charge >= 0.3 is 0 Å². The summed E-state index contributed by atoms with van der Waals surface area (Å²) in [5.41, 5.74) is 0. The summed E-state index contributed by atoms with van der Waals surface area (Å²) in [4.78, 5) is 20.2. The zero-order valence-electron chi connectivity index (χ0n) is 14.4. The number of amides is 1. The number of guanidine groups is 1. The van der Waals surface area contributed by atoms with Crippen LogP contribution in [0, 0.1) is 0 Å². The molecule has 0 atom stereocenters. The van der Waals surface area contributed by atoms with E-state index in [4.69, 9.17) is 0 Å². The first-order valence-corrected chi connectivity index (χ1v) is 8.26. The molecule has 24 heavy (non-hydrogen) atoms. The lowest BCUT2D eigenvalue weighted by Crippen LogP contribution is -2.41. The van der Waals surface area contributed by atoms with Gasteiger partial charge in [-0.15, -0.1) is 24.0 Å². The van der Waals surface area contributed by atoms with E-state index in [1.807, 2.05) is 7.05 Å². The summed E-state index contributed by atoms with van der Waals surface area (Å²) in [5, 5.41) is 13.4. The molecular weight excluding hydrogens is 421 g/mol. The summed E-state index contributed by atoms with van der Waals surface area (Å²) in [6.45, 7) is 1.08. The van der Waals surface area contributed by atoms with Gasteiger partial charge in [-0.1, -0.05) is 19.3 Å². The number of aliphatic imine (C=N–C) groups is 1. The van der Waals surface area contributed by atoms with Crippen LogP contribution in [-0.4, -0.2) is 46.3 Å². The third-order valence-electron chi connectivity index (χ3n) is 4.06. The Morgan fingerprint density at radius 1 is 1.33 bits per heavy atom. The Hall–Kier alpha value is -1.39. The first-order chi connectivity index (χ1) is 11.2. The van der Waals surface area contributed by atoms with Crippen molar-refractivity contribution in [1.82, 2.24) is 30.7 Å². The number of nitrogens with zero attached hydrogens (tertiary/aromatic N) is 4. The fourth-order valence-corrected chi connectivity index (χ4v) is 2.70. The Balaban J connectivity index is 0.00000288. The number of aryl methyl sites for hydroxylation is 1. The van der Waals surface area contributed by atoms with Crippen molar-refractivity contribution >= 4 is 35.8 Å². The number of hydrogen-bond donors (Lipinski definition) is 3. The lowest BCUT2D eigenvalue weighted by Gasteiger charge is -2.22. The highest BCUT2D eigenvalue weighted by atomic mass is 127. The predicted molar refractivity (Wildman–Crippen MR) is 104 cm³/mol. The number of rotatable bonds is 6. The molecule has 9 heteroatoms. The quantitative estimate of drug-likeness (QED) is 0.341. The van der Waals surface area contributed by atoms with E-state index in [0.29, 0.717) is 31.5 Å². The molecule has 0 saturated heterocycles. The number of carbonyl (C=O) groups excluding carboxylic acids is 1. The molecule has 1 aliphatic carbocycles. The van der Waals surface area contributed by atoms with Crippen LogP contribution < -0.4 is 16.0 Å². The fourth-order valence-electron chi connectivity index (χ4n) is 2.70. The predicted octanol–water partition coefficient (Wildman–Crippen LogP) is 0.937. The van der Waals surface area contributed by atoms with Crippen molar-refractivity contribution in [3.63, 3.8) is 0 Å². The van der Waals surface area contributed by atoms with Gasteiger partial charge in [0.05, 0.1) is 6.54 Å². The Morgan fingerprint density at radius 2 is 2.08 bits per heavy atom. The molecule has 3 N–H and O–H groups in total. The van der Waals surface area contributed by atoms with Crippen LogP contribution in [0.1, 0.15) is 44.3 Å². The van der Waals surface area contributed by atoms with Crippen molar-refractivity contribution in [2.24, 2.45) is 12.0 Å². The standard InChI is InChI=1S/C15H27N7O.HI/c1-16-15(18-10-13-19-11-20-22(13)2)17-9-8-14(23)21-12-6-4-3-5-7-12;/h11-12H,3-10H2,1-2H3,(H,21,23)(H2,16,17,18);1H. The summed E-state index contributed by atoms with van der Waals surface area (Å²) < 4.78 is 1.71. The van der Waals surface area contributed by atoms with Crippen molar-refractivity contribution in [2.45, 2.75) is 51.1 Å². The summed E-state index contributed by atoms with van der Waals surface area (Å²) in [6.07, 6.45) is 7.93. The van der Waals surface area contributed by atoms with Gasteiger partial charge < -0.3 is 16.0 Å². The van der Waals surface area contributed by atoms with Gasteiger partial charge in [-0.3, -0.25) is 14.5 Å². The van der Waals surface area contributed by atoms with Crippen LogP contribution in [0.15, 0.2) is 11.3 Å². The van der Waals surface area contributed by atoms with Crippen molar-refractivity contribution in [3.05, 3.63) is 12.2 Å². The SMILES string of the molecule is CN=C(NCCC(=O)NC1CCCCC1)NCc1ncnn1C.I. The van der Waals surface area contributed by atoms with E-state index in [9.17, 15) is 4.79 Å². The van der Waals surface area contributed by atoms with Crippen LogP contribution in [0.5, 0.6) is 0 Å². The second-order valence-corrected chi connectivity index (χ2v) is 5.80. The molecule has 0 bridgehead atoms. The monoisotopic (exact) mass is 449 g/mol. The van der Waals surface area contributed by atoms with E-state index >= 15 is 0 Å². The largest absolute Gasteiger partial charge is 0.356 e. The van der Waals surface area contributed by atoms with E-state index < -0.39 is 0 Å². The average Bonchev–Trinajstić information content (AvgIpc) is 2.97. The molecule has 136 valence electrons. The summed E-state index contributed by atoms with van der Waals surface area (Å²) >= 11 is 0. The van der Waals surface area contributed by atoms with Gasteiger partial charge in [-0.2, -0.15) is 5.10 Å². The molecule has 1 aromatic rings. The summed E-state index contributed by atoms with van der Waals surface area (Å²) in [5.74, 6) is 1.58. The molecule has 1 fully saturated rings. The van der Waals surface area contributed by atoms with E-state index in [1.165, 1.54) is 25.6 Å². The van der Waals surface area contributed by atoms with Crippen LogP contribution in [0.4, 0.5) is 0 Å². The fraction of sp³-hybridized carbons (Fsp3) is 0.733. The second kappa shape index (κ2) is 11.2. The molecule has 2 rings (SSSR count). The topological polar surface area (TPSA) is 96.2 Å². The van der Waals surface area contributed by atoms with E-state index in [1.54, 1.807) is 11.7 Å². The summed E-state index contributed by atoms with van der Waals surface area (Å²) in [7, 11) is 3.55. The van der Waals surface area contributed by atoms with E-state index in [-0.39, 0.29) is 29.9 Å². The Labute approximate surface area is 160 Å². The highest BCUT2D eigenvalue weighted by Crippen LogP contribution is 2.17. The summed E-state index contributed by atoms with van der Waals surface area (Å²) in [6, 6.07) is 0.365. The molecule has 0 aromatic carbocycles. The lowest BCUT2D eigenvalue weighted by atomic mass is 9.95. The number of aromatic nitrogens is 3. The Morgan fingerprint density at radius 3 is 2.71 bits per heavy atom. The van der Waals surface area contributed by atoms with Gasteiger partial charge in [-0.25, -0.2) is 4.98 Å². The molecule has 0 aliphatic heterocycles. The van der Waals surface area contributed by atoms with Crippen LogP contribution in [0.25, 0.3) is 0 Å². The lowest BCUT2D eigenvalue weighted by molar-refractivity contribution is -0.121. The molecule has 1 amide bonds. The van der Waals surface area contributed by atoms with Crippen molar-refractivity contribution in [1.29, 1.82) is 0 Å². The van der Waals surface area contributed by atoms with Gasteiger partial charge in [0, 0.05) is 33.1 Å². The number of halogens is 1. The highest BCUT2D eigenvalue weighted by Gasteiger charge is 2.15. The minimum absolute atomic E-state index is 0.